The molecule has 0 fully saturated rings. The first-order valence-electron chi connectivity index (χ1n) is 8.69. The van der Waals surface area contributed by atoms with Crippen LogP contribution in [0.5, 0.6) is 0 Å². The summed E-state index contributed by atoms with van der Waals surface area (Å²) in [4.78, 5) is 26.6. The molecule has 3 rings (SSSR count). The zero-order chi connectivity index (χ0) is 21.2. The van der Waals surface area contributed by atoms with E-state index >= 15 is 0 Å². The first-order chi connectivity index (χ1) is 13.7. The molecule has 152 valence electrons. The molecule has 2 aromatic rings. The summed E-state index contributed by atoms with van der Waals surface area (Å²) >= 11 is 1.13. The Balaban J connectivity index is 1.83. The Bertz CT molecular complexity index is 995. The van der Waals surface area contributed by atoms with Gasteiger partial charge in [-0.1, -0.05) is 6.07 Å². The largest absolute Gasteiger partial charge is 0.450 e. The summed E-state index contributed by atoms with van der Waals surface area (Å²) in [6.45, 7) is 2.56. The number of halogens is 3. The van der Waals surface area contributed by atoms with E-state index < -0.39 is 23.7 Å². The number of anilines is 1. The van der Waals surface area contributed by atoms with Crippen molar-refractivity contribution >= 4 is 28.3 Å². The van der Waals surface area contributed by atoms with Gasteiger partial charge in [0.1, 0.15) is 11.1 Å². The van der Waals surface area contributed by atoms with Crippen LogP contribution in [-0.2, 0) is 23.9 Å². The van der Waals surface area contributed by atoms with Crippen LogP contribution in [0.1, 0.15) is 38.8 Å². The van der Waals surface area contributed by atoms with E-state index in [4.69, 9.17) is 4.74 Å². The van der Waals surface area contributed by atoms with Gasteiger partial charge in [-0.05, 0) is 37.1 Å². The summed E-state index contributed by atoms with van der Waals surface area (Å²) in [5.74, 6) is -0.742. The maximum absolute atomic E-state index is 12.9. The fourth-order valence-electron chi connectivity index (χ4n) is 2.99. The average molecular weight is 423 g/mol. The Morgan fingerprint density at radius 1 is 1.38 bits per heavy atom. The molecule has 0 aliphatic carbocycles. The fourth-order valence-corrected chi connectivity index (χ4v) is 4.20. The second-order valence-corrected chi connectivity index (χ2v) is 7.33. The predicted molar refractivity (Wildman–Crippen MR) is 99.6 cm³/mol. The van der Waals surface area contributed by atoms with Crippen LogP contribution >= 0.6 is 11.3 Å². The molecule has 0 saturated heterocycles. The quantitative estimate of drug-likeness (QED) is 0.793. The van der Waals surface area contributed by atoms with Crippen LogP contribution in [0, 0.1) is 11.3 Å². The molecule has 1 aliphatic heterocycles. The van der Waals surface area contributed by atoms with Gasteiger partial charge in [0.25, 0.3) is 5.91 Å². The van der Waals surface area contributed by atoms with Gasteiger partial charge < -0.3 is 15.0 Å². The summed E-state index contributed by atoms with van der Waals surface area (Å²) < 4.78 is 43.6. The summed E-state index contributed by atoms with van der Waals surface area (Å²) in [5, 5.41) is 12.3. The van der Waals surface area contributed by atoms with Crippen LogP contribution in [-0.4, -0.2) is 30.1 Å². The molecule has 2 heterocycles. The molecular weight excluding hydrogens is 407 g/mol. The average Bonchev–Trinajstić information content (AvgIpc) is 3.03. The van der Waals surface area contributed by atoms with Crippen molar-refractivity contribution in [1.82, 2.24) is 4.90 Å². The van der Waals surface area contributed by atoms with Crippen LogP contribution in [0.4, 0.5) is 23.0 Å². The summed E-state index contributed by atoms with van der Waals surface area (Å²) in [6.07, 6.45) is -4.60. The van der Waals surface area contributed by atoms with Crippen molar-refractivity contribution in [1.29, 1.82) is 5.26 Å². The summed E-state index contributed by atoms with van der Waals surface area (Å²) in [6, 6.07) is 6.11. The highest BCUT2D eigenvalue weighted by Gasteiger charge is 2.31. The molecule has 1 aromatic carbocycles. The topological polar surface area (TPSA) is 82.4 Å². The van der Waals surface area contributed by atoms with Crippen molar-refractivity contribution in [3.8, 4) is 6.07 Å². The van der Waals surface area contributed by atoms with Crippen molar-refractivity contribution in [2.45, 2.75) is 26.1 Å². The number of rotatable bonds is 3. The Kier molecular flexibility index (Phi) is 5.79. The molecule has 2 amide bonds. The zero-order valence-electron chi connectivity index (χ0n) is 15.3. The highest BCUT2D eigenvalue weighted by atomic mass is 32.1. The number of nitriles is 1. The van der Waals surface area contributed by atoms with Gasteiger partial charge in [0.2, 0.25) is 0 Å². The molecule has 0 bridgehead atoms. The maximum Gasteiger partial charge on any atom is 0.416 e. The maximum atomic E-state index is 12.9. The number of benzene rings is 1. The smallest absolute Gasteiger partial charge is 0.416 e. The van der Waals surface area contributed by atoms with Crippen LogP contribution in [0.2, 0.25) is 0 Å². The second kappa shape index (κ2) is 8.13. The van der Waals surface area contributed by atoms with Gasteiger partial charge >= 0.3 is 12.3 Å². The molecule has 1 aliphatic rings. The molecule has 1 aromatic heterocycles. The Morgan fingerprint density at radius 3 is 2.79 bits per heavy atom. The van der Waals surface area contributed by atoms with Gasteiger partial charge in [0, 0.05) is 17.0 Å². The monoisotopic (exact) mass is 423 g/mol. The van der Waals surface area contributed by atoms with Gasteiger partial charge in [0.05, 0.1) is 24.3 Å². The molecule has 0 atom stereocenters. The Hall–Kier alpha value is -3.06. The number of nitrogens with one attached hydrogen (secondary N) is 1. The fraction of sp³-hybridized carbons (Fsp3) is 0.316. The molecule has 0 saturated carbocycles. The van der Waals surface area contributed by atoms with E-state index in [1.54, 1.807) is 6.92 Å². The van der Waals surface area contributed by atoms with Crippen LogP contribution < -0.4 is 5.32 Å². The van der Waals surface area contributed by atoms with Gasteiger partial charge in [-0.15, -0.1) is 11.3 Å². The zero-order valence-corrected chi connectivity index (χ0v) is 16.1. The summed E-state index contributed by atoms with van der Waals surface area (Å²) in [5.41, 5.74) is -0.0873. The first-order valence-corrected chi connectivity index (χ1v) is 9.51. The van der Waals surface area contributed by atoms with Gasteiger partial charge in [-0.3, -0.25) is 4.79 Å². The van der Waals surface area contributed by atoms with Crippen LogP contribution in [0.3, 0.4) is 0 Å². The second-order valence-electron chi connectivity index (χ2n) is 6.22. The number of ether oxygens (including phenoxy) is 1. The number of hydrogen-bond donors (Lipinski definition) is 1. The minimum absolute atomic E-state index is 0.164. The number of carbonyl (C=O) groups is 2. The van der Waals surface area contributed by atoms with E-state index in [1.165, 1.54) is 11.0 Å². The number of thiophene rings is 1. The van der Waals surface area contributed by atoms with Gasteiger partial charge in [-0.2, -0.15) is 18.4 Å². The SMILES string of the molecule is CCOC(=O)N1CCc2c(sc(NC(=O)c3cccc(C(F)(F)F)c3)c2C#N)C1. The number of amides is 2. The Morgan fingerprint density at radius 2 is 2.14 bits per heavy atom. The van der Waals surface area contributed by atoms with E-state index in [9.17, 15) is 28.0 Å². The van der Waals surface area contributed by atoms with E-state index in [0.29, 0.717) is 13.0 Å². The highest BCUT2D eigenvalue weighted by molar-refractivity contribution is 7.16. The lowest BCUT2D eigenvalue weighted by molar-refractivity contribution is -0.137. The van der Waals surface area contributed by atoms with Crippen molar-refractivity contribution in [2.24, 2.45) is 0 Å². The Labute approximate surface area is 168 Å². The minimum atomic E-state index is -4.56. The lowest BCUT2D eigenvalue weighted by Crippen LogP contribution is -2.35. The van der Waals surface area contributed by atoms with Crippen molar-refractivity contribution in [3.63, 3.8) is 0 Å². The van der Waals surface area contributed by atoms with E-state index in [1.807, 2.05) is 6.07 Å². The van der Waals surface area contributed by atoms with Gasteiger partial charge in [-0.25, -0.2) is 4.79 Å². The third-order valence-corrected chi connectivity index (χ3v) is 5.51. The molecule has 0 radical (unpaired) electrons. The standard InChI is InChI=1S/C19H16F3N3O3S/c1-2-28-18(27)25-7-6-13-14(9-23)17(29-15(13)10-25)24-16(26)11-4-3-5-12(8-11)19(20,21)22/h3-5,8H,2,6-7,10H2,1H3,(H,24,26). The van der Waals surface area contributed by atoms with Crippen molar-refractivity contribution in [2.75, 3.05) is 18.5 Å². The van der Waals surface area contributed by atoms with Crippen LogP contribution in [0.15, 0.2) is 24.3 Å². The van der Waals surface area contributed by atoms with Crippen LogP contribution in [0.25, 0.3) is 0 Å². The lowest BCUT2D eigenvalue weighted by Gasteiger charge is -2.25. The van der Waals surface area contributed by atoms with E-state index in [2.05, 4.69) is 5.32 Å². The predicted octanol–water partition coefficient (Wildman–Crippen LogP) is 4.41. The minimum Gasteiger partial charge on any atom is -0.450 e. The number of alkyl halides is 3. The van der Waals surface area contributed by atoms with Gasteiger partial charge in [0.15, 0.2) is 0 Å². The number of carbonyl (C=O) groups excluding carboxylic acids is 2. The van der Waals surface area contributed by atoms with Crippen molar-refractivity contribution < 1.29 is 27.5 Å². The van der Waals surface area contributed by atoms with E-state index in [-0.39, 0.29) is 29.3 Å². The molecule has 10 heteroatoms. The normalized spacial score (nSPS) is 13.4. The lowest BCUT2D eigenvalue weighted by atomic mass is 10.0. The molecule has 6 nitrogen and oxygen atoms in total. The number of hydrogen-bond acceptors (Lipinski definition) is 5. The third kappa shape index (κ3) is 4.35. The van der Waals surface area contributed by atoms with Crippen molar-refractivity contribution in [3.05, 3.63) is 51.4 Å². The summed E-state index contributed by atoms with van der Waals surface area (Å²) in [7, 11) is 0. The molecule has 0 unspecified atom stereocenters. The molecule has 29 heavy (non-hydrogen) atoms. The van der Waals surface area contributed by atoms with E-state index in [0.717, 1.165) is 40.0 Å². The first kappa shape index (κ1) is 20.7. The number of nitrogens with zero attached hydrogens (tertiary/aromatic N) is 2. The molecular formula is C19H16F3N3O3S. The molecule has 0 spiro atoms. The number of fused-ring (bicyclic) bond motifs is 1. The highest BCUT2D eigenvalue weighted by Crippen LogP contribution is 2.37. The molecule has 1 N–H and O–H groups in total. The third-order valence-electron chi connectivity index (χ3n) is 4.37.